The summed E-state index contributed by atoms with van der Waals surface area (Å²) in [7, 11) is 1.68. The molecule has 2 heterocycles. The fourth-order valence-electron chi connectivity index (χ4n) is 4.81. The highest BCUT2D eigenvalue weighted by atomic mass is 32.1. The van der Waals surface area contributed by atoms with Gasteiger partial charge >= 0.3 is 0 Å². The van der Waals surface area contributed by atoms with E-state index in [4.69, 9.17) is 22.1 Å². The van der Waals surface area contributed by atoms with Crippen LogP contribution in [0.25, 0.3) is 22.4 Å². The Hall–Kier alpha value is -3.75. The van der Waals surface area contributed by atoms with Crippen LogP contribution in [-0.4, -0.2) is 36.8 Å². The lowest BCUT2D eigenvalue weighted by Gasteiger charge is -2.21. The van der Waals surface area contributed by atoms with Gasteiger partial charge in [-0.1, -0.05) is 42.5 Å². The van der Waals surface area contributed by atoms with E-state index >= 15 is 0 Å². The Balaban J connectivity index is 1.49. The zero-order chi connectivity index (χ0) is 24.8. The van der Waals surface area contributed by atoms with Gasteiger partial charge in [-0.05, 0) is 73.4 Å². The molecule has 5 aromatic rings. The smallest absolute Gasteiger partial charge is 0.267 e. The molecule has 1 aliphatic rings. The second kappa shape index (κ2) is 9.04. The first-order valence-electron chi connectivity index (χ1n) is 12.1. The van der Waals surface area contributed by atoms with Crippen LogP contribution in [0.2, 0.25) is 0 Å². The Labute approximate surface area is 213 Å². The van der Waals surface area contributed by atoms with E-state index in [1.165, 1.54) is 5.56 Å². The summed E-state index contributed by atoms with van der Waals surface area (Å²) in [5.74, 6) is 1.37. The van der Waals surface area contributed by atoms with Gasteiger partial charge in [0.15, 0.2) is 0 Å². The minimum Gasteiger partial charge on any atom is -0.497 e. The summed E-state index contributed by atoms with van der Waals surface area (Å²) in [5.41, 5.74) is 3.68. The number of nitrogens with zero attached hydrogens (tertiary/aromatic N) is 5. The van der Waals surface area contributed by atoms with E-state index in [0.29, 0.717) is 28.6 Å². The molecule has 7 nitrogen and oxygen atoms in total. The third kappa shape index (κ3) is 3.92. The molecular formula is C28H27N5O2S. The Kier molecular flexibility index (Phi) is 5.70. The summed E-state index contributed by atoms with van der Waals surface area (Å²) in [6.07, 6.45) is 2.32. The first-order valence-corrected chi connectivity index (χ1v) is 12.5. The molecule has 2 aromatic heterocycles. The Morgan fingerprint density at radius 3 is 2.47 bits per heavy atom. The highest BCUT2D eigenvalue weighted by molar-refractivity contribution is 7.71. The summed E-state index contributed by atoms with van der Waals surface area (Å²) in [5, 5.41) is 5.55. The van der Waals surface area contributed by atoms with Crippen molar-refractivity contribution >= 4 is 28.9 Å². The molecule has 8 heteroatoms. The minimum absolute atomic E-state index is 0.100. The molecule has 0 aliphatic heterocycles. The number of aromatic nitrogens is 4. The van der Waals surface area contributed by atoms with Crippen molar-refractivity contribution in [3.8, 4) is 11.4 Å². The highest BCUT2D eigenvalue weighted by Gasteiger charge is 2.30. The molecule has 3 aromatic carbocycles. The lowest BCUT2D eigenvalue weighted by molar-refractivity contribution is 0.187. The van der Waals surface area contributed by atoms with E-state index in [1.54, 1.807) is 11.7 Å². The van der Waals surface area contributed by atoms with Gasteiger partial charge in [-0.2, -0.15) is 0 Å². The van der Waals surface area contributed by atoms with Crippen molar-refractivity contribution in [2.24, 2.45) is 0 Å². The quantitative estimate of drug-likeness (QED) is 0.293. The average Bonchev–Trinajstić information content (AvgIpc) is 3.70. The predicted octanol–water partition coefficient (Wildman–Crippen LogP) is 5.11. The second-order valence-electron chi connectivity index (χ2n) is 9.33. The van der Waals surface area contributed by atoms with E-state index in [2.05, 4.69) is 17.0 Å². The molecule has 0 atom stereocenters. The Morgan fingerprint density at radius 2 is 1.75 bits per heavy atom. The van der Waals surface area contributed by atoms with Gasteiger partial charge in [0.2, 0.25) is 10.5 Å². The number of ether oxygens (including phenoxy) is 1. The number of hydrogen-bond acceptors (Lipinski definition) is 5. The average molecular weight is 498 g/mol. The van der Waals surface area contributed by atoms with Gasteiger partial charge in [-0.25, -0.2) is 9.25 Å². The number of rotatable bonds is 7. The van der Waals surface area contributed by atoms with Gasteiger partial charge in [0.1, 0.15) is 5.75 Å². The summed E-state index contributed by atoms with van der Waals surface area (Å²) >= 11 is 5.97. The molecule has 1 aliphatic carbocycles. The molecule has 36 heavy (non-hydrogen) atoms. The maximum absolute atomic E-state index is 13.7. The molecule has 0 amide bonds. The third-order valence-electron chi connectivity index (χ3n) is 6.88. The van der Waals surface area contributed by atoms with Crippen molar-refractivity contribution in [3.05, 3.63) is 99.0 Å². The van der Waals surface area contributed by atoms with Crippen LogP contribution in [0.4, 0.5) is 0 Å². The molecule has 1 fully saturated rings. The molecule has 1 saturated carbocycles. The first-order chi connectivity index (χ1) is 17.5. The third-order valence-corrected chi connectivity index (χ3v) is 7.27. The van der Waals surface area contributed by atoms with Gasteiger partial charge < -0.3 is 4.74 Å². The van der Waals surface area contributed by atoms with Crippen molar-refractivity contribution in [3.63, 3.8) is 0 Å². The van der Waals surface area contributed by atoms with E-state index in [1.807, 2.05) is 76.7 Å². The Bertz CT molecular complexity index is 1700. The predicted molar refractivity (Wildman–Crippen MR) is 143 cm³/mol. The van der Waals surface area contributed by atoms with Crippen molar-refractivity contribution in [1.82, 2.24) is 23.6 Å². The van der Waals surface area contributed by atoms with Gasteiger partial charge in [0, 0.05) is 12.6 Å². The van der Waals surface area contributed by atoms with Crippen molar-refractivity contribution in [1.29, 1.82) is 0 Å². The fraction of sp³-hybridized carbons (Fsp3) is 0.250. The summed E-state index contributed by atoms with van der Waals surface area (Å²) < 4.78 is 11.4. The standard InChI is InChI=1S/C28H27N5O2S/c1-19-7-3-5-9-24(19)32-26(34)23-8-4-6-10-25(23)33-27(32)29-31(28(33)36)18-30(21-13-14-21)17-20-11-15-22(35-2)16-12-20/h3-12,15-16,21H,13-14,17-18H2,1-2H3. The van der Waals surface area contributed by atoms with Crippen LogP contribution >= 0.6 is 12.2 Å². The number of methoxy groups -OCH3 is 1. The van der Waals surface area contributed by atoms with E-state index in [9.17, 15) is 4.79 Å². The molecule has 0 bridgehead atoms. The molecule has 6 rings (SSSR count). The zero-order valence-electron chi connectivity index (χ0n) is 20.3. The number of hydrogen-bond donors (Lipinski definition) is 0. The lowest BCUT2D eigenvalue weighted by Crippen LogP contribution is -2.29. The lowest BCUT2D eigenvalue weighted by atomic mass is 10.2. The first kappa shape index (κ1) is 22.7. The number of fused-ring (bicyclic) bond motifs is 3. The van der Waals surface area contributed by atoms with Crippen LogP contribution in [0.15, 0.2) is 77.6 Å². The van der Waals surface area contributed by atoms with Crippen LogP contribution in [0.1, 0.15) is 24.0 Å². The van der Waals surface area contributed by atoms with Crippen LogP contribution in [-0.2, 0) is 13.2 Å². The van der Waals surface area contributed by atoms with E-state index in [0.717, 1.165) is 41.9 Å². The van der Waals surface area contributed by atoms with Crippen molar-refractivity contribution < 1.29 is 4.74 Å². The van der Waals surface area contributed by atoms with Crippen LogP contribution < -0.4 is 10.3 Å². The van der Waals surface area contributed by atoms with Gasteiger partial charge in [0.25, 0.3) is 5.56 Å². The molecule has 182 valence electrons. The SMILES string of the molecule is COc1ccc(CN(Cn2nc3n(-c4ccccc4C)c(=O)c4ccccc4n3c2=S)C2CC2)cc1. The summed E-state index contributed by atoms with van der Waals surface area (Å²) in [6.45, 7) is 3.34. The topological polar surface area (TPSA) is 56.7 Å². The van der Waals surface area contributed by atoms with Crippen LogP contribution in [0.3, 0.4) is 0 Å². The normalized spacial score (nSPS) is 13.6. The highest BCUT2D eigenvalue weighted by Crippen LogP contribution is 2.29. The van der Waals surface area contributed by atoms with Crippen molar-refractivity contribution in [2.75, 3.05) is 7.11 Å². The van der Waals surface area contributed by atoms with Gasteiger partial charge in [-0.15, -0.1) is 5.10 Å². The molecule has 0 saturated heterocycles. The van der Waals surface area contributed by atoms with E-state index < -0.39 is 0 Å². The summed E-state index contributed by atoms with van der Waals surface area (Å²) in [6, 6.07) is 24.1. The fourth-order valence-corrected chi connectivity index (χ4v) is 5.09. The molecular weight excluding hydrogens is 470 g/mol. The zero-order valence-corrected chi connectivity index (χ0v) is 21.1. The summed E-state index contributed by atoms with van der Waals surface area (Å²) in [4.78, 5) is 16.1. The van der Waals surface area contributed by atoms with Gasteiger partial charge in [0.05, 0.1) is 30.4 Å². The number of para-hydroxylation sites is 2. The van der Waals surface area contributed by atoms with E-state index in [-0.39, 0.29) is 5.56 Å². The monoisotopic (exact) mass is 497 g/mol. The van der Waals surface area contributed by atoms with Crippen molar-refractivity contribution in [2.45, 2.75) is 39.0 Å². The minimum atomic E-state index is -0.100. The van der Waals surface area contributed by atoms with Gasteiger partial charge in [-0.3, -0.25) is 14.1 Å². The maximum Gasteiger partial charge on any atom is 0.267 e. The van der Waals surface area contributed by atoms with Crippen LogP contribution in [0.5, 0.6) is 5.75 Å². The van der Waals surface area contributed by atoms with Crippen LogP contribution in [0, 0.1) is 11.7 Å². The number of aryl methyl sites for hydroxylation is 1. The Morgan fingerprint density at radius 1 is 1.03 bits per heavy atom. The molecule has 0 N–H and O–H groups in total. The molecule has 0 radical (unpaired) electrons. The number of benzene rings is 3. The second-order valence-corrected chi connectivity index (χ2v) is 9.69. The largest absolute Gasteiger partial charge is 0.497 e. The molecule has 0 spiro atoms. The maximum atomic E-state index is 13.7. The molecule has 0 unspecified atom stereocenters.